The maximum Gasteiger partial charge on any atom is 0.300 e. The van der Waals surface area contributed by atoms with E-state index in [4.69, 9.17) is 0 Å². The van der Waals surface area contributed by atoms with Gasteiger partial charge < -0.3 is 5.11 Å². The largest absolute Gasteiger partial charge is 0.507 e. The Morgan fingerprint density at radius 3 is 2.36 bits per heavy atom. The van der Waals surface area contributed by atoms with Crippen LogP contribution in [-0.2, 0) is 9.59 Å². The van der Waals surface area contributed by atoms with Crippen molar-refractivity contribution < 1.29 is 19.1 Å². The number of hydrogen-bond donors (Lipinski definition) is 1. The van der Waals surface area contributed by atoms with Gasteiger partial charge in [0.2, 0.25) is 0 Å². The number of ketones is 1. The molecule has 1 aromatic heterocycles. The molecular weight excluding hydrogens is 359 g/mol. The number of rotatable bonds is 3. The van der Waals surface area contributed by atoms with E-state index in [0.29, 0.717) is 11.3 Å². The first-order valence-corrected chi connectivity index (χ1v) is 8.60. The summed E-state index contributed by atoms with van der Waals surface area (Å²) in [5, 5.41) is 10.8. The van der Waals surface area contributed by atoms with Crippen molar-refractivity contribution in [3.63, 3.8) is 0 Å². The van der Waals surface area contributed by atoms with Gasteiger partial charge in [0.25, 0.3) is 11.7 Å². The quantitative estimate of drug-likeness (QED) is 0.430. The topological polar surface area (TPSA) is 70.5 Å². The Hall–Kier alpha value is -3.80. The lowest BCUT2D eigenvalue weighted by Gasteiger charge is -2.25. The number of aromatic nitrogens is 1. The van der Waals surface area contributed by atoms with Gasteiger partial charge in [-0.05, 0) is 18.2 Å². The molecule has 0 unspecified atom stereocenters. The van der Waals surface area contributed by atoms with Crippen LogP contribution in [0.3, 0.4) is 0 Å². The van der Waals surface area contributed by atoms with Gasteiger partial charge in [-0.2, -0.15) is 0 Å². The molecule has 4 rings (SSSR count). The van der Waals surface area contributed by atoms with E-state index in [9.17, 15) is 19.1 Å². The van der Waals surface area contributed by atoms with E-state index < -0.39 is 23.5 Å². The Balaban J connectivity index is 1.98. The van der Waals surface area contributed by atoms with Crippen molar-refractivity contribution in [2.75, 3.05) is 4.90 Å². The summed E-state index contributed by atoms with van der Waals surface area (Å²) in [4.78, 5) is 30.8. The third-order valence-corrected chi connectivity index (χ3v) is 4.62. The summed E-state index contributed by atoms with van der Waals surface area (Å²) in [6, 6.07) is 16.4. The summed E-state index contributed by atoms with van der Waals surface area (Å²) in [7, 11) is 0. The van der Waals surface area contributed by atoms with Gasteiger partial charge >= 0.3 is 0 Å². The number of carbonyl (C=O) groups is 2. The first kappa shape index (κ1) is 17.6. The zero-order valence-electron chi connectivity index (χ0n) is 14.6. The number of Topliss-reactive ketones (excluding diaryl/α,β-unsaturated/α-hetero) is 1. The van der Waals surface area contributed by atoms with E-state index in [2.05, 4.69) is 4.98 Å². The van der Waals surface area contributed by atoms with Crippen molar-refractivity contribution in [3.05, 3.63) is 102 Å². The number of benzene rings is 2. The van der Waals surface area contributed by atoms with Crippen molar-refractivity contribution in [3.8, 4) is 0 Å². The number of anilines is 1. The fourth-order valence-electron chi connectivity index (χ4n) is 3.34. The molecule has 0 radical (unpaired) electrons. The molecule has 3 aromatic rings. The summed E-state index contributed by atoms with van der Waals surface area (Å²) in [6.45, 7) is 0. The maximum absolute atomic E-state index is 14.7. The minimum atomic E-state index is -1.11. The summed E-state index contributed by atoms with van der Waals surface area (Å²) < 4.78 is 14.7. The SMILES string of the molecule is O=C1C(=O)N(c2cccnc2)[C@@H](c2ccccc2F)/C1=C(\O)c1ccccc1. The van der Waals surface area contributed by atoms with Gasteiger partial charge in [-0.15, -0.1) is 0 Å². The molecule has 5 nitrogen and oxygen atoms in total. The molecule has 6 heteroatoms. The third kappa shape index (κ3) is 2.85. The van der Waals surface area contributed by atoms with Crippen molar-refractivity contribution in [2.45, 2.75) is 6.04 Å². The standard InChI is InChI=1S/C22H15FN2O3/c23-17-11-5-4-10-16(17)19-18(20(26)14-7-2-1-3-8-14)21(27)22(28)25(19)15-9-6-12-24-13-15/h1-13,19,26H/b20-18+/t19-/m0/s1. The monoisotopic (exact) mass is 374 g/mol. The van der Waals surface area contributed by atoms with Gasteiger partial charge in [0, 0.05) is 17.3 Å². The van der Waals surface area contributed by atoms with Crippen LogP contribution >= 0.6 is 0 Å². The Morgan fingerprint density at radius 1 is 0.964 bits per heavy atom. The minimum Gasteiger partial charge on any atom is -0.507 e. The zero-order valence-corrected chi connectivity index (χ0v) is 14.6. The predicted molar refractivity (Wildman–Crippen MR) is 102 cm³/mol. The lowest BCUT2D eigenvalue weighted by molar-refractivity contribution is -0.132. The highest BCUT2D eigenvalue weighted by atomic mass is 19.1. The Labute approximate surface area is 160 Å². The summed E-state index contributed by atoms with van der Waals surface area (Å²) >= 11 is 0. The van der Waals surface area contributed by atoms with E-state index >= 15 is 0 Å². The number of aliphatic hydroxyl groups is 1. The zero-order chi connectivity index (χ0) is 19.7. The van der Waals surface area contributed by atoms with E-state index in [-0.39, 0.29) is 16.9 Å². The fraction of sp³-hybridized carbons (Fsp3) is 0.0455. The van der Waals surface area contributed by atoms with Crippen LogP contribution < -0.4 is 4.90 Å². The number of amides is 1. The molecule has 0 spiro atoms. The Kier molecular flexibility index (Phi) is 4.45. The molecule has 1 saturated heterocycles. The Bertz CT molecular complexity index is 1080. The molecule has 1 amide bonds. The smallest absolute Gasteiger partial charge is 0.300 e. The first-order valence-electron chi connectivity index (χ1n) is 8.60. The van der Waals surface area contributed by atoms with Crippen molar-refractivity contribution in [1.82, 2.24) is 4.98 Å². The predicted octanol–water partition coefficient (Wildman–Crippen LogP) is 3.85. The van der Waals surface area contributed by atoms with Crippen molar-refractivity contribution in [1.29, 1.82) is 0 Å². The lowest BCUT2D eigenvalue weighted by Crippen LogP contribution is -2.29. The van der Waals surface area contributed by atoms with E-state index in [1.54, 1.807) is 48.5 Å². The number of halogens is 1. The Morgan fingerprint density at radius 2 is 1.68 bits per heavy atom. The second-order valence-corrected chi connectivity index (χ2v) is 6.27. The lowest BCUT2D eigenvalue weighted by atomic mass is 9.95. The van der Waals surface area contributed by atoms with Crippen molar-refractivity contribution in [2.24, 2.45) is 0 Å². The van der Waals surface area contributed by atoms with Crippen molar-refractivity contribution >= 4 is 23.1 Å². The molecule has 2 heterocycles. The first-order chi connectivity index (χ1) is 13.6. The molecule has 28 heavy (non-hydrogen) atoms. The number of carbonyl (C=O) groups excluding carboxylic acids is 2. The van der Waals surface area contributed by atoms with Crippen LogP contribution in [0.15, 0.2) is 84.7 Å². The highest BCUT2D eigenvalue weighted by Crippen LogP contribution is 2.42. The van der Waals surface area contributed by atoms with E-state index in [1.807, 2.05) is 0 Å². The second-order valence-electron chi connectivity index (χ2n) is 6.27. The van der Waals surface area contributed by atoms with Crippen LogP contribution in [0.5, 0.6) is 0 Å². The van der Waals surface area contributed by atoms with Gasteiger partial charge in [-0.25, -0.2) is 4.39 Å². The van der Waals surface area contributed by atoms with Crippen LogP contribution in [0.1, 0.15) is 17.2 Å². The minimum absolute atomic E-state index is 0.114. The summed E-state index contributed by atoms with van der Waals surface area (Å²) in [5.41, 5.74) is 0.658. The second kappa shape index (κ2) is 7.08. The van der Waals surface area contributed by atoms with Crippen LogP contribution in [-0.4, -0.2) is 21.8 Å². The van der Waals surface area contributed by atoms with Gasteiger partial charge in [0.15, 0.2) is 0 Å². The number of pyridine rings is 1. The van der Waals surface area contributed by atoms with Gasteiger partial charge in [-0.3, -0.25) is 19.5 Å². The molecule has 0 saturated carbocycles. The average Bonchev–Trinajstić information content (AvgIpc) is 3.00. The van der Waals surface area contributed by atoms with Gasteiger partial charge in [-0.1, -0.05) is 48.5 Å². The molecule has 1 aliphatic rings. The summed E-state index contributed by atoms with van der Waals surface area (Å²) in [6.07, 6.45) is 2.95. The highest BCUT2D eigenvalue weighted by molar-refractivity contribution is 6.51. The molecule has 138 valence electrons. The van der Waals surface area contributed by atoms with E-state index in [1.165, 1.54) is 35.5 Å². The number of aliphatic hydroxyl groups excluding tert-OH is 1. The molecule has 0 aliphatic carbocycles. The molecule has 2 aromatic carbocycles. The number of nitrogens with zero attached hydrogens (tertiary/aromatic N) is 2. The number of hydrogen-bond acceptors (Lipinski definition) is 4. The fourth-order valence-corrected chi connectivity index (χ4v) is 3.34. The van der Waals surface area contributed by atoms with Gasteiger partial charge in [0.05, 0.1) is 23.5 Å². The normalized spacial score (nSPS) is 18.5. The third-order valence-electron chi connectivity index (χ3n) is 4.62. The molecular formula is C22H15FN2O3. The van der Waals surface area contributed by atoms with Crippen LogP contribution in [0.4, 0.5) is 10.1 Å². The average molecular weight is 374 g/mol. The maximum atomic E-state index is 14.7. The molecule has 0 bridgehead atoms. The molecule has 1 fully saturated rings. The van der Waals surface area contributed by atoms with Gasteiger partial charge in [0.1, 0.15) is 11.6 Å². The van der Waals surface area contributed by atoms with Crippen LogP contribution in [0.2, 0.25) is 0 Å². The van der Waals surface area contributed by atoms with E-state index in [0.717, 1.165) is 0 Å². The molecule has 1 aliphatic heterocycles. The van der Waals surface area contributed by atoms with Crippen LogP contribution in [0, 0.1) is 5.82 Å². The summed E-state index contributed by atoms with van der Waals surface area (Å²) in [5.74, 6) is -2.65. The highest BCUT2D eigenvalue weighted by Gasteiger charge is 2.47. The molecule has 1 atom stereocenters. The molecule has 1 N–H and O–H groups in total. The van der Waals surface area contributed by atoms with Crippen LogP contribution in [0.25, 0.3) is 5.76 Å².